The topological polar surface area (TPSA) is 92.7 Å². The summed E-state index contributed by atoms with van der Waals surface area (Å²) >= 11 is 7.04. The number of isocyanates is 1. The number of nitrogens with one attached hydrogen (secondary N) is 2. The van der Waals surface area contributed by atoms with Gasteiger partial charge in [-0.15, -0.1) is 22.9 Å². The molecule has 0 saturated heterocycles. The van der Waals surface area contributed by atoms with Crippen LogP contribution in [-0.4, -0.2) is 36.5 Å². The van der Waals surface area contributed by atoms with Crippen molar-refractivity contribution in [3.63, 3.8) is 0 Å². The Labute approximate surface area is 189 Å². The molecule has 1 heterocycles. The highest BCUT2D eigenvalue weighted by Gasteiger charge is 2.11. The molecule has 1 amide bonds. The normalized spacial score (nSPS) is 10.3. The first-order valence-electron chi connectivity index (χ1n) is 9.53. The van der Waals surface area contributed by atoms with Gasteiger partial charge in [-0.05, 0) is 48.4 Å². The van der Waals surface area contributed by atoms with Crippen molar-refractivity contribution >= 4 is 51.4 Å². The van der Waals surface area contributed by atoms with Gasteiger partial charge in [-0.25, -0.2) is 9.78 Å². The summed E-state index contributed by atoms with van der Waals surface area (Å²) in [6.07, 6.45) is 2.22. The minimum absolute atomic E-state index is 0.166. The minimum Gasteiger partial charge on any atom is -0.497 e. The predicted octanol–water partition coefficient (Wildman–Crippen LogP) is 5.01. The van der Waals surface area contributed by atoms with Crippen molar-refractivity contribution < 1.29 is 14.3 Å². The molecular weight excluding hydrogens is 436 g/mol. The Morgan fingerprint density at radius 2 is 2.06 bits per heavy atom. The fraction of sp³-hybridized carbons (Fsp3) is 0.227. The van der Waals surface area contributed by atoms with Crippen LogP contribution in [0.4, 0.5) is 16.5 Å². The van der Waals surface area contributed by atoms with E-state index in [-0.39, 0.29) is 12.3 Å². The van der Waals surface area contributed by atoms with Crippen LogP contribution in [0.5, 0.6) is 5.75 Å². The number of carbonyl (C=O) groups excluding carboxylic acids is 2. The molecule has 7 nitrogen and oxygen atoms in total. The van der Waals surface area contributed by atoms with Crippen molar-refractivity contribution in [2.24, 2.45) is 4.99 Å². The molecule has 3 aromatic rings. The van der Waals surface area contributed by atoms with Crippen LogP contribution in [0.1, 0.15) is 12.0 Å². The number of alkyl halides is 1. The van der Waals surface area contributed by atoms with Crippen LogP contribution in [0.3, 0.4) is 0 Å². The first-order chi connectivity index (χ1) is 15.1. The number of anilines is 2. The lowest BCUT2D eigenvalue weighted by molar-refractivity contribution is -0.116. The number of halogens is 1. The molecule has 0 atom stereocenters. The van der Waals surface area contributed by atoms with E-state index in [1.54, 1.807) is 19.3 Å². The number of thiazole rings is 1. The number of amides is 1. The largest absolute Gasteiger partial charge is 0.497 e. The van der Waals surface area contributed by atoms with Crippen LogP contribution >= 0.6 is 22.9 Å². The van der Waals surface area contributed by atoms with Crippen molar-refractivity contribution in [3.05, 3.63) is 53.4 Å². The van der Waals surface area contributed by atoms with E-state index in [1.165, 1.54) is 11.3 Å². The molecule has 3 rings (SSSR count). The zero-order chi connectivity index (χ0) is 22.1. The first kappa shape index (κ1) is 22.5. The van der Waals surface area contributed by atoms with E-state index in [4.69, 9.17) is 16.3 Å². The Morgan fingerprint density at radius 3 is 2.77 bits per heavy atom. The summed E-state index contributed by atoms with van der Waals surface area (Å²) in [5, 5.41) is 8.37. The highest BCUT2D eigenvalue weighted by molar-refractivity contribution is 7.14. The van der Waals surface area contributed by atoms with Crippen molar-refractivity contribution in [2.45, 2.75) is 12.8 Å². The van der Waals surface area contributed by atoms with Crippen LogP contribution < -0.4 is 15.4 Å². The molecule has 0 bridgehead atoms. The van der Waals surface area contributed by atoms with Crippen LogP contribution in [-0.2, 0) is 16.0 Å². The molecule has 0 spiro atoms. The molecule has 160 valence electrons. The van der Waals surface area contributed by atoms with Crippen molar-refractivity contribution in [2.75, 3.05) is 30.2 Å². The van der Waals surface area contributed by atoms with E-state index in [1.807, 2.05) is 41.8 Å². The number of hydrogen-bond donors (Lipinski definition) is 2. The Bertz CT molecular complexity index is 1080. The van der Waals surface area contributed by atoms with Gasteiger partial charge in [0, 0.05) is 35.5 Å². The number of methoxy groups -OCH3 is 1. The second-order valence-corrected chi connectivity index (χ2v) is 7.71. The third-order valence-corrected chi connectivity index (χ3v) is 5.38. The molecule has 9 heteroatoms. The maximum absolute atomic E-state index is 12.4. The minimum atomic E-state index is -0.166. The third kappa shape index (κ3) is 6.39. The molecule has 1 aromatic heterocycles. The maximum atomic E-state index is 12.4. The predicted molar refractivity (Wildman–Crippen MR) is 124 cm³/mol. The Kier molecular flexibility index (Phi) is 8.18. The van der Waals surface area contributed by atoms with Crippen molar-refractivity contribution in [1.29, 1.82) is 0 Å². The number of aryl methyl sites for hydroxylation is 1. The SMILES string of the molecule is COc1ccc(-c2csc(NC(=O)CCc3ccc(NCCCl)cc3N=C=O)n2)cc1. The average Bonchev–Trinajstić information content (AvgIpc) is 3.25. The van der Waals surface area contributed by atoms with E-state index in [9.17, 15) is 9.59 Å². The lowest BCUT2D eigenvalue weighted by Gasteiger charge is -2.09. The third-order valence-electron chi connectivity index (χ3n) is 4.43. The van der Waals surface area contributed by atoms with Gasteiger partial charge in [0.1, 0.15) is 5.75 Å². The molecule has 2 aromatic carbocycles. The van der Waals surface area contributed by atoms with Crippen LogP contribution in [0.2, 0.25) is 0 Å². The second kappa shape index (κ2) is 11.3. The quantitative estimate of drug-likeness (QED) is 0.254. The van der Waals surface area contributed by atoms with Crippen LogP contribution in [0.15, 0.2) is 52.8 Å². The molecule has 0 aliphatic heterocycles. The number of aliphatic imine (C=N–C) groups is 1. The Balaban J connectivity index is 1.60. The molecule has 0 aliphatic rings. The van der Waals surface area contributed by atoms with Gasteiger partial charge in [-0.2, -0.15) is 4.99 Å². The van der Waals surface area contributed by atoms with Gasteiger partial charge in [0.15, 0.2) is 5.13 Å². The first-order valence-corrected chi connectivity index (χ1v) is 10.9. The van der Waals surface area contributed by atoms with E-state index in [0.717, 1.165) is 28.3 Å². The molecule has 0 unspecified atom stereocenters. The van der Waals surface area contributed by atoms with E-state index >= 15 is 0 Å². The number of aromatic nitrogens is 1. The van der Waals surface area contributed by atoms with E-state index < -0.39 is 0 Å². The Hall–Kier alpha value is -3.19. The summed E-state index contributed by atoms with van der Waals surface area (Å²) in [7, 11) is 1.62. The molecule has 0 radical (unpaired) electrons. The summed E-state index contributed by atoms with van der Waals surface area (Å²) in [6, 6.07) is 13.0. The summed E-state index contributed by atoms with van der Waals surface area (Å²) in [5.41, 5.74) is 3.80. The molecule has 0 fully saturated rings. The Morgan fingerprint density at radius 1 is 1.26 bits per heavy atom. The van der Waals surface area contributed by atoms with Gasteiger partial charge in [-0.3, -0.25) is 4.79 Å². The lowest BCUT2D eigenvalue weighted by Crippen LogP contribution is -2.12. The van der Waals surface area contributed by atoms with Gasteiger partial charge < -0.3 is 15.4 Å². The average molecular weight is 457 g/mol. The second-order valence-electron chi connectivity index (χ2n) is 6.48. The number of rotatable bonds is 10. The molecule has 0 saturated carbocycles. The summed E-state index contributed by atoms with van der Waals surface area (Å²) in [4.78, 5) is 31.4. The highest BCUT2D eigenvalue weighted by Crippen LogP contribution is 2.27. The monoisotopic (exact) mass is 456 g/mol. The smallest absolute Gasteiger partial charge is 0.240 e. The van der Waals surface area contributed by atoms with Crippen LogP contribution in [0, 0.1) is 0 Å². The molecular formula is C22H21ClN4O3S. The number of benzene rings is 2. The van der Waals surface area contributed by atoms with Crippen molar-refractivity contribution in [1.82, 2.24) is 4.98 Å². The van der Waals surface area contributed by atoms with Crippen molar-refractivity contribution in [3.8, 4) is 17.0 Å². The van der Waals surface area contributed by atoms with E-state index in [2.05, 4.69) is 20.6 Å². The van der Waals surface area contributed by atoms with Gasteiger partial charge in [0.25, 0.3) is 0 Å². The van der Waals surface area contributed by atoms with Gasteiger partial charge in [0.05, 0.1) is 18.5 Å². The number of carbonyl (C=O) groups is 1. The number of nitrogens with zero attached hydrogens (tertiary/aromatic N) is 2. The standard InChI is InChI=1S/C22H21ClN4O3S/c1-30-18-7-3-16(4-8-18)20-13-31-22(26-20)27-21(29)9-5-15-2-6-17(24-11-10-23)12-19(15)25-14-28/h2-4,6-8,12-13,24H,5,9-11H2,1H3,(H,26,27,29). The fourth-order valence-corrected chi connectivity index (χ4v) is 3.72. The zero-order valence-corrected chi connectivity index (χ0v) is 18.4. The lowest BCUT2D eigenvalue weighted by atomic mass is 10.1. The number of hydrogen-bond acceptors (Lipinski definition) is 7. The van der Waals surface area contributed by atoms with Gasteiger partial charge in [-0.1, -0.05) is 6.07 Å². The summed E-state index contributed by atoms with van der Waals surface area (Å²) in [6.45, 7) is 0.597. The summed E-state index contributed by atoms with van der Waals surface area (Å²) in [5.74, 6) is 1.07. The highest BCUT2D eigenvalue weighted by atomic mass is 35.5. The fourth-order valence-electron chi connectivity index (χ4n) is 2.89. The number of ether oxygens (including phenoxy) is 1. The molecule has 2 N–H and O–H groups in total. The van der Waals surface area contributed by atoms with Gasteiger partial charge >= 0.3 is 0 Å². The summed E-state index contributed by atoms with van der Waals surface area (Å²) < 4.78 is 5.16. The van der Waals surface area contributed by atoms with Crippen LogP contribution in [0.25, 0.3) is 11.3 Å². The van der Waals surface area contributed by atoms with E-state index in [0.29, 0.717) is 29.7 Å². The van der Waals surface area contributed by atoms with Gasteiger partial charge in [0.2, 0.25) is 12.0 Å². The maximum Gasteiger partial charge on any atom is 0.240 e. The molecule has 0 aliphatic carbocycles. The molecule has 31 heavy (non-hydrogen) atoms. The zero-order valence-electron chi connectivity index (χ0n) is 16.9.